The van der Waals surface area contributed by atoms with Crippen molar-refractivity contribution in [3.8, 4) is 10.6 Å². The second-order valence-electron chi connectivity index (χ2n) is 4.82. The summed E-state index contributed by atoms with van der Waals surface area (Å²) in [6.07, 6.45) is 1.43. The van der Waals surface area contributed by atoms with Gasteiger partial charge in [0.1, 0.15) is 0 Å². The first-order valence-corrected chi connectivity index (χ1v) is 8.94. The zero-order valence-corrected chi connectivity index (χ0v) is 14.9. The summed E-state index contributed by atoms with van der Waals surface area (Å²) in [5, 5.41) is 13.9. The zero-order valence-electron chi connectivity index (χ0n) is 13.3. The molecule has 0 aliphatic carbocycles. The quantitative estimate of drug-likeness (QED) is 0.570. The fourth-order valence-electron chi connectivity index (χ4n) is 2.13. The molecule has 0 spiro atoms. The van der Waals surface area contributed by atoms with Crippen molar-refractivity contribution < 1.29 is 9.53 Å². The van der Waals surface area contributed by atoms with Gasteiger partial charge in [0, 0.05) is 18.0 Å². The number of aryl methyl sites for hydroxylation is 2. The van der Waals surface area contributed by atoms with Crippen molar-refractivity contribution in [3.05, 3.63) is 11.4 Å². The molecule has 0 saturated carbocycles. The third-order valence-electron chi connectivity index (χ3n) is 3.20. The van der Waals surface area contributed by atoms with E-state index < -0.39 is 0 Å². The molecular formula is C14H20N4O2S2. The summed E-state index contributed by atoms with van der Waals surface area (Å²) in [5.74, 6) is 0.443. The molecule has 8 heteroatoms. The molecule has 0 N–H and O–H groups in total. The van der Waals surface area contributed by atoms with Gasteiger partial charge in [-0.25, -0.2) is 0 Å². The molecule has 0 radical (unpaired) electrons. The lowest BCUT2D eigenvalue weighted by atomic mass is 10.2. The van der Waals surface area contributed by atoms with Gasteiger partial charge in [-0.05, 0) is 20.3 Å². The second kappa shape index (κ2) is 7.73. The van der Waals surface area contributed by atoms with Crippen LogP contribution in [0.4, 0.5) is 0 Å². The lowest BCUT2D eigenvalue weighted by Crippen LogP contribution is -2.01. The Morgan fingerprint density at radius 3 is 2.82 bits per heavy atom. The van der Waals surface area contributed by atoms with E-state index in [1.165, 1.54) is 18.9 Å². The van der Waals surface area contributed by atoms with E-state index in [1.54, 1.807) is 11.3 Å². The van der Waals surface area contributed by atoms with Crippen molar-refractivity contribution in [3.63, 3.8) is 0 Å². The van der Waals surface area contributed by atoms with E-state index in [0.29, 0.717) is 12.2 Å². The van der Waals surface area contributed by atoms with Crippen molar-refractivity contribution in [1.82, 2.24) is 20.0 Å². The van der Waals surface area contributed by atoms with Crippen molar-refractivity contribution in [1.29, 1.82) is 0 Å². The van der Waals surface area contributed by atoms with Crippen LogP contribution >= 0.6 is 23.1 Å². The predicted molar refractivity (Wildman–Crippen MR) is 88.3 cm³/mol. The van der Waals surface area contributed by atoms with Crippen LogP contribution in [0, 0.1) is 13.8 Å². The molecule has 0 atom stereocenters. The highest BCUT2D eigenvalue weighted by Crippen LogP contribution is 2.33. The van der Waals surface area contributed by atoms with Gasteiger partial charge in [-0.1, -0.05) is 30.0 Å². The third kappa shape index (κ3) is 3.86. The van der Waals surface area contributed by atoms with E-state index in [9.17, 15) is 4.79 Å². The Hall–Kier alpha value is -1.41. The van der Waals surface area contributed by atoms with Crippen LogP contribution in [0.5, 0.6) is 0 Å². The van der Waals surface area contributed by atoms with Crippen LogP contribution in [-0.4, -0.2) is 38.8 Å². The lowest BCUT2D eigenvalue weighted by Gasteiger charge is -2.01. The van der Waals surface area contributed by atoms with Crippen LogP contribution in [0.2, 0.25) is 0 Å². The van der Waals surface area contributed by atoms with Gasteiger partial charge >= 0.3 is 5.97 Å². The summed E-state index contributed by atoms with van der Waals surface area (Å²) in [6, 6.07) is 0. The molecule has 0 saturated heterocycles. The van der Waals surface area contributed by atoms with Crippen LogP contribution in [0.15, 0.2) is 4.34 Å². The summed E-state index contributed by atoms with van der Waals surface area (Å²) in [7, 11) is 1.40. The Balaban J connectivity index is 2.10. The second-order valence-corrected chi connectivity index (χ2v) is 7.14. The minimum absolute atomic E-state index is 0.204. The van der Waals surface area contributed by atoms with E-state index in [-0.39, 0.29) is 5.97 Å². The van der Waals surface area contributed by atoms with Crippen molar-refractivity contribution >= 4 is 29.1 Å². The van der Waals surface area contributed by atoms with Gasteiger partial charge in [0.15, 0.2) is 9.35 Å². The zero-order chi connectivity index (χ0) is 16.1. The molecule has 6 nitrogen and oxygen atoms in total. The van der Waals surface area contributed by atoms with Gasteiger partial charge in [-0.15, -0.1) is 10.2 Å². The number of nitrogens with zero attached hydrogens (tertiary/aromatic N) is 4. The molecule has 0 fully saturated rings. The number of rotatable bonds is 7. The van der Waals surface area contributed by atoms with E-state index in [4.69, 9.17) is 0 Å². The summed E-state index contributed by atoms with van der Waals surface area (Å²) in [6.45, 7) is 7.11. The minimum Gasteiger partial charge on any atom is -0.469 e. The first-order valence-electron chi connectivity index (χ1n) is 7.14. The number of esters is 1. The minimum atomic E-state index is -0.204. The maximum Gasteiger partial charge on any atom is 0.306 e. The van der Waals surface area contributed by atoms with Crippen LogP contribution in [-0.2, 0) is 16.1 Å². The van der Waals surface area contributed by atoms with E-state index in [1.807, 2.05) is 11.6 Å². The molecule has 0 aromatic carbocycles. The Labute approximate surface area is 138 Å². The Morgan fingerprint density at radius 1 is 1.36 bits per heavy atom. The Bertz CT molecular complexity index is 651. The number of carbonyl (C=O) groups excluding carboxylic acids is 1. The SMILES string of the molecule is CCCn1nc(C)c(-c2nnc(SCCC(=O)OC)s2)c1C. The van der Waals surface area contributed by atoms with Gasteiger partial charge in [0.2, 0.25) is 0 Å². The Kier molecular flexibility index (Phi) is 5.96. The van der Waals surface area contributed by atoms with E-state index in [0.717, 1.165) is 39.3 Å². The van der Waals surface area contributed by atoms with E-state index >= 15 is 0 Å². The first-order chi connectivity index (χ1) is 10.6. The fraction of sp³-hybridized carbons (Fsp3) is 0.571. The number of thioether (sulfide) groups is 1. The van der Waals surface area contributed by atoms with Gasteiger partial charge in [0.25, 0.3) is 0 Å². The molecule has 120 valence electrons. The first kappa shape index (κ1) is 17.0. The molecule has 0 aliphatic heterocycles. The number of hydrogen-bond acceptors (Lipinski definition) is 7. The standard InChI is InChI=1S/C14H20N4O2S2/c1-5-7-18-10(3)12(9(2)17-18)13-15-16-14(22-13)21-8-6-11(19)20-4/h5-8H2,1-4H3. The number of carbonyl (C=O) groups is 1. The maximum absolute atomic E-state index is 11.1. The molecule has 2 heterocycles. The topological polar surface area (TPSA) is 69.9 Å². The summed E-state index contributed by atoms with van der Waals surface area (Å²) >= 11 is 3.07. The highest BCUT2D eigenvalue weighted by Gasteiger charge is 2.17. The highest BCUT2D eigenvalue weighted by atomic mass is 32.2. The highest BCUT2D eigenvalue weighted by molar-refractivity contribution is 8.01. The molecule has 0 bridgehead atoms. The third-order valence-corrected chi connectivity index (χ3v) is 5.27. The lowest BCUT2D eigenvalue weighted by molar-refractivity contribution is -0.140. The van der Waals surface area contributed by atoms with Gasteiger partial charge in [0.05, 0.1) is 24.8 Å². The molecule has 2 aromatic rings. The number of aromatic nitrogens is 4. The molecular weight excluding hydrogens is 320 g/mol. The largest absolute Gasteiger partial charge is 0.469 e. The van der Waals surface area contributed by atoms with Gasteiger partial charge in [-0.3, -0.25) is 9.48 Å². The maximum atomic E-state index is 11.1. The predicted octanol–water partition coefficient (Wildman–Crippen LogP) is 3.08. The average Bonchev–Trinajstić information content (AvgIpc) is 3.04. The van der Waals surface area contributed by atoms with Crippen LogP contribution in [0.1, 0.15) is 31.2 Å². The summed E-state index contributed by atoms with van der Waals surface area (Å²) < 4.78 is 7.51. The molecule has 2 aromatic heterocycles. The molecule has 22 heavy (non-hydrogen) atoms. The Morgan fingerprint density at radius 2 is 2.14 bits per heavy atom. The number of methoxy groups -OCH3 is 1. The van der Waals surface area contributed by atoms with Gasteiger partial charge in [-0.2, -0.15) is 5.10 Å². The van der Waals surface area contributed by atoms with E-state index in [2.05, 4.69) is 33.9 Å². The van der Waals surface area contributed by atoms with Crippen molar-refractivity contribution in [2.75, 3.05) is 12.9 Å². The molecule has 2 rings (SSSR count). The normalized spacial score (nSPS) is 10.9. The molecule has 0 aliphatic rings. The van der Waals surface area contributed by atoms with Gasteiger partial charge < -0.3 is 4.74 Å². The van der Waals surface area contributed by atoms with Crippen LogP contribution in [0.3, 0.4) is 0 Å². The van der Waals surface area contributed by atoms with Crippen molar-refractivity contribution in [2.24, 2.45) is 0 Å². The van der Waals surface area contributed by atoms with Crippen LogP contribution < -0.4 is 0 Å². The molecule has 0 unspecified atom stereocenters. The van der Waals surface area contributed by atoms with Crippen LogP contribution in [0.25, 0.3) is 10.6 Å². The summed E-state index contributed by atoms with van der Waals surface area (Å²) in [5.41, 5.74) is 3.18. The number of hydrogen-bond donors (Lipinski definition) is 0. The fourth-order valence-corrected chi connectivity index (χ4v) is 4.12. The number of ether oxygens (including phenoxy) is 1. The van der Waals surface area contributed by atoms with Crippen molar-refractivity contribution in [2.45, 2.75) is 44.5 Å². The summed E-state index contributed by atoms with van der Waals surface area (Å²) in [4.78, 5) is 11.1. The molecule has 0 amide bonds. The average molecular weight is 340 g/mol. The smallest absolute Gasteiger partial charge is 0.306 e. The monoisotopic (exact) mass is 340 g/mol.